The molecular formula is C18H25F3N4O2. The standard InChI is InChI=1S/C18H25F3N4O2/c1-22-18(25-6-5-13(12-25)24-7-9-26-10-8-24)23-11-14-15(19)3-2-4-16(14)27-17(20)21/h2-4,13,17H,5-12H2,1H3,(H,22,23). The molecular weight excluding hydrogens is 361 g/mol. The molecule has 0 bridgehead atoms. The van der Waals surface area contributed by atoms with Gasteiger partial charge in [-0.1, -0.05) is 6.07 Å². The highest BCUT2D eigenvalue weighted by atomic mass is 19.3. The minimum atomic E-state index is -3.00. The number of hydrogen-bond donors (Lipinski definition) is 1. The van der Waals surface area contributed by atoms with E-state index in [0.29, 0.717) is 12.0 Å². The monoisotopic (exact) mass is 386 g/mol. The molecule has 150 valence electrons. The number of nitrogens with one attached hydrogen (secondary N) is 1. The second-order valence-electron chi connectivity index (χ2n) is 6.53. The van der Waals surface area contributed by atoms with Gasteiger partial charge < -0.3 is 19.7 Å². The van der Waals surface area contributed by atoms with Gasteiger partial charge in [0, 0.05) is 51.4 Å². The van der Waals surface area contributed by atoms with Gasteiger partial charge in [0.15, 0.2) is 5.96 Å². The van der Waals surface area contributed by atoms with Gasteiger partial charge >= 0.3 is 6.61 Å². The lowest BCUT2D eigenvalue weighted by Gasteiger charge is -2.32. The summed E-state index contributed by atoms with van der Waals surface area (Å²) in [5.41, 5.74) is 0.0582. The van der Waals surface area contributed by atoms with E-state index in [1.54, 1.807) is 7.05 Å². The SMILES string of the molecule is CN=C(NCc1c(F)cccc1OC(F)F)N1CCC(N2CCOCC2)C1. The zero-order valence-corrected chi connectivity index (χ0v) is 15.3. The number of guanidine groups is 1. The Balaban J connectivity index is 1.60. The summed E-state index contributed by atoms with van der Waals surface area (Å²) < 4.78 is 49.0. The average molecular weight is 386 g/mol. The maximum Gasteiger partial charge on any atom is 0.387 e. The van der Waals surface area contributed by atoms with Crippen molar-refractivity contribution < 1.29 is 22.6 Å². The summed E-state index contributed by atoms with van der Waals surface area (Å²) in [5, 5.41) is 3.07. The third-order valence-corrected chi connectivity index (χ3v) is 4.95. The van der Waals surface area contributed by atoms with Crippen molar-refractivity contribution in [1.29, 1.82) is 0 Å². The third-order valence-electron chi connectivity index (χ3n) is 4.95. The number of halogens is 3. The molecule has 2 aliphatic rings. The van der Waals surface area contributed by atoms with Crippen molar-refractivity contribution in [2.45, 2.75) is 25.6 Å². The number of ether oxygens (including phenoxy) is 2. The van der Waals surface area contributed by atoms with Gasteiger partial charge in [-0.15, -0.1) is 0 Å². The second kappa shape index (κ2) is 9.27. The molecule has 2 heterocycles. The number of aliphatic imine (C=N–C) groups is 1. The molecule has 1 N–H and O–H groups in total. The van der Waals surface area contributed by atoms with Gasteiger partial charge in [-0.05, 0) is 18.6 Å². The molecule has 0 aliphatic carbocycles. The van der Waals surface area contributed by atoms with Crippen LogP contribution in [-0.2, 0) is 11.3 Å². The highest BCUT2D eigenvalue weighted by molar-refractivity contribution is 5.80. The zero-order valence-electron chi connectivity index (χ0n) is 15.3. The molecule has 1 unspecified atom stereocenters. The second-order valence-corrected chi connectivity index (χ2v) is 6.53. The summed E-state index contributed by atoms with van der Waals surface area (Å²) in [6.45, 7) is 2.02. The predicted molar refractivity (Wildman–Crippen MR) is 95.6 cm³/mol. The van der Waals surface area contributed by atoms with Crippen LogP contribution in [0.5, 0.6) is 5.75 Å². The first-order valence-corrected chi connectivity index (χ1v) is 9.08. The number of hydrogen-bond acceptors (Lipinski definition) is 4. The summed E-state index contributed by atoms with van der Waals surface area (Å²) >= 11 is 0. The average Bonchev–Trinajstić information content (AvgIpc) is 3.14. The highest BCUT2D eigenvalue weighted by Gasteiger charge is 2.30. The molecule has 1 atom stereocenters. The van der Waals surface area contributed by atoms with Gasteiger partial charge in [-0.3, -0.25) is 9.89 Å². The van der Waals surface area contributed by atoms with Crippen molar-refractivity contribution in [3.05, 3.63) is 29.6 Å². The van der Waals surface area contributed by atoms with E-state index < -0.39 is 12.4 Å². The van der Waals surface area contributed by atoms with Crippen molar-refractivity contribution in [3.8, 4) is 5.75 Å². The number of morpholine rings is 1. The lowest BCUT2D eigenvalue weighted by Crippen LogP contribution is -2.46. The largest absolute Gasteiger partial charge is 0.434 e. The van der Waals surface area contributed by atoms with Crippen LogP contribution in [0.25, 0.3) is 0 Å². The maximum atomic E-state index is 14.1. The van der Waals surface area contributed by atoms with Gasteiger partial charge in [0.1, 0.15) is 11.6 Å². The molecule has 2 fully saturated rings. The van der Waals surface area contributed by atoms with E-state index in [4.69, 9.17) is 4.74 Å². The molecule has 0 saturated carbocycles. The normalized spacial score (nSPS) is 21.7. The van der Waals surface area contributed by atoms with Crippen molar-refractivity contribution >= 4 is 5.96 Å². The van der Waals surface area contributed by atoms with Crippen LogP contribution < -0.4 is 10.1 Å². The molecule has 0 radical (unpaired) electrons. The van der Waals surface area contributed by atoms with Gasteiger partial charge in [0.2, 0.25) is 0 Å². The summed E-state index contributed by atoms with van der Waals surface area (Å²) in [6.07, 6.45) is 1.01. The Bertz CT molecular complexity index is 653. The molecule has 6 nitrogen and oxygen atoms in total. The van der Waals surface area contributed by atoms with Gasteiger partial charge in [-0.2, -0.15) is 8.78 Å². The van der Waals surface area contributed by atoms with E-state index in [0.717, 1.165) is 45.8 Å². The maximum absolute atomic E-state index is 14.1. The predicted octanol–water partition coefficient (Wildman–Crippen LogP) is 1.91. The molecule has 1 aromatic carbocycles. The Morgan fingerprint density at radius 1 is 1.33 bits per heavy atom. The molecule has 1 aromatic rings. The van der Waals surface area contributed by atoms with Crippen LogP contribution in [-0.4, -0.2) is 74.9 Å². The van der Waals surface area contributed by atoms with Gasteiger partial charge in [-0.25, -0.2) is 4.39 Å². The Hall–Kier alpha value is -2.00. The molecule has 9 heteroatoms. The first kappa shape index (κ1) is 19.8. The van der Waals surface area contributed by atoms with E-state index in [1.807, 2.05) is 0 Å². The fourth-order valence-electron chi connectivity index (χ4n) is 3.59. The quantitative estimate of drug-likeness (QED) is 0.619. The number of rotatable bonds is 5. The van der Waals surface area contributed by atoms with E-state index in [-0.39, 0.29) is 17.9 Å². The van der Waals surface area contributed by atoms with Crippen LogP contribution >= 0.6 is 0 Å². The lowest BCUT2D eigenvalue weighted by molar-refractivity contribution is -0.0506. The Kier molecular flexibility index (Phi) is 6.78. The van der Waals surface area contributed by atoms with E-state index in [1.165, 1.54) is 18.2 Å². The van der Waals surface area contributed by atoms with E-state index in [2.05, 4.69) is 24.8 Å². The first-order chi connectivity index (χ1) is 13.1. The Morgan fingerprint density at radius 3 is 2.81 bits per heavy atom. The van der Waals surface area contributed by atoms with Gasteiger partial charge in [0.05, 0.1) is 13.2 Å². The van der Waals surface area contributed by atoms with Crippen molar-refractivity contribution in [2.24, 2.45) is 4.99 Å². The molecule has 3 rings (SSSR count). The Labute approximate surface area is 156 Å². The molecule has 0 amide bonds. The van der Waals surface area contributed by atoms with E-state index >= 15 is 0 Å². The summed E-state index contributed by atoms with van der Waals surface area (Å²) in [6, 6.07) is 4.33. The fraction of sp³-hybridized carbons (Fsp3) is 0.611. The fourth-order valence-corrected chi connectivity index (χ4v) is 3.59. The number of nitrogens with zero attached hydrogens (tertiary/aromatic N) is 3. The zero-order chi connectivity index (χ0) is 19.2. The number of likely N-dealkylation sites (tertiary alicyclic amines) is 1. The van der Waals surface area contributed by atoms with Crippen LogP contribution in [0.1, 0.15) is 12.0 Å². The van der Waals surface area contributed by atoms with Crippen LogP contribution in [0.4, 0.5) is 13.2 Å². The van der Waals surface area contributed by atoms with Crippen molar-refractivity contribution in [3.63, 3.8) is 0 Å². The summed E-state index contributed by atoms with van der Waals surface area (Å²) in [5.74, 6) is -0.138. The van der Waals surface area contributed by atoms with E-state index in [9.17, 15) is 13.2 Å². The summed E-state index contributed by atoms with van der Waals surface area (Å²) in [4.78, 5) is 8.79. The molecule has 0 aromatic heterocycles. The molecule has 0 spiro atoms. The molecule has 27 heavy (non-hydrogen) atoms. The third kappa shape index (κ3) is 5.04. The topological polar surface area (TPSA) is 49.3 Å². The van der Waals surface area contributed by atoms with Crippen molar-refractivity contribution in [1.82, 2.24) is 15.1 Å². The van der Waals surface area contributed by atoms with Gasteiger partial charge in [0.25, 0.3) is 0 Å². The Morgan fingerprint density at radius 2 is 2.11 bits per heavy atom. The highest BCUT2D eigenvalue weighted by Crippen LogP contribution is 2.23. The molecule has 2 aliphatic heterocycles. The van der Waals surface area contributed by atoms with Crippen molar-refractivity contribution in [2.75, 3.05) is 46.4 Å². The first-order valence-electron chi connectivity index (χ1n) is 9.08. The minimum Gasteiger partial charge on any atom is -0.434 e. The lowest BCUT2D eigenvalue weighted by atomic mass is 10.2. The number of benzene rings is 1. The van der Waals surface area contributed by atoms with Crippen LogP contribution in [0.2, 0.25) is 0 Å². The van der Waals surface area contributed by atoms with Crippen LogP contribution in [0.15, 0.2) is 23.2 Å². The van der Waals surface area contributed by atoms with Crippen LogP contribution in [0, 0.1) is 5.82 Å². The smallest absolute Gasteiger partial charge is 0.387 e. The minimum absolute atomic E-state index is 0.0140. The van der Waals surface area contributed by atoms with Crippen LogP contribution in [0.3, 0.4) is 0 Å². The number of alkyl halides is 2. The molecule has 2 saturated heterocycles. The summed E-state index contributed by atoms with van der Waals surface area (Å²) in [7, 11) is 1.66.